The number of amides is 2. The van der Waals surface area contributed by atoms with Gasteiger partial charge in [0, 0.05) is 30.7 Å². The zero-order valence-corrected chi connectivity index (χ0v) is 12.8. The monoisotopic (exact) mass is 295 g/mol. The minimum atomic E-state index is -0.0251. The van der Waals surface area contributed by atoms with Gasteiger partial charge >= 0.3 is 6.03 Å². The Hall–Kier alpha value is -2.36. The molecule has 1 unspecified atom stereocenters. The number of benzene rings is 1. The molecule has 0 saturated carbocycles. The van der Waals surface area contributed by atoms with E-state index in [4.69, 9.17) is 0 Å². The van der Waals surface area contributed by atoms with Gasteiger partial charge < -0.3 is 5.32 Å². The van der Waals surface area contributed by atoms with E-state index in [9.17, 15) is 4.79 Å². The van der Waals surface area contributed by atoms with Crippen LogP contribution in [0.4, 0.5) is 10.5 Å². The second kappa shape index (κ2) is 6.60. The van der Waals surface area contributed by atoms with Gasteiger partial charge in [0.1, 0.15) is 0 Å². The summed E-state index contributed by atoms with van der Waals surface area (Å²) in [6.45, 7) is 2.64. The van der Waals surface area contributed by atoms with Crippen molar-refractivity contribution < 1.29 is 4.79 Å². The van der Waals surface area contributed by atoms with Crippen molar-refractivity contribution in [1.29, 1.82) is 0 Å². The van der Waals surface area contributed by atoms with Crippen LogP contribution in [-0.4, -0.2) is 17.1 Å². The highest BCUT2D eigenvalue weighted by molar-refractivity contribution is 5.93. The normalized spacial score (nSPS) is 17.0. The van der Waals surface area contributed by atoms with E-state index in [1.807, 2.05) is 35.2 Å². The van der Waals surface area contributed by atoms with Gasteiger partial charge in [0.2, 0.25) is 0 Å². The molecule has 0 bridgehead atoms. The Balaban J connectivity index is 1.77. The molecule has 3 rings (SSSR count). The molecule has 2 heterocycles. The second-order valence-electron chi connectivity index (χ2n) is 5.62. The number of fused-ring (bicyclic) bond motifs is 1. The van der Waals surface area contributed by atoms with Crippen LogP contribution >= 0.6 is 0 Å². The lowest BCUT2D eigenvalue weighted by molar-refractivity contribution is 0.242. The van der Waals surface area contributed by atoms with Crippen molar-refractivity contribution in [3.05, 3.63) is 59.9 Å². The van der Waals surface area contributed by atoms with Crippen LogP contribution in [0.15, 0.2) is 48.8 Å². The number of urea groups is 1. The number of nitrogens with one attached hydrogen (secondary N) is 1. The van der Waals surface area contributed by atoms with E-state index < -0.39 is 0 Å². The number of aryl methyl sites for hydroxylation is 1. The quantitative estimate of drug-likeness (QED) is 0.941. The SMILES string of the molecule is CCC1CCc2ccccc2N1C(=O)NCc1cccnc1. The summed E-state index contributed by atoms with van der Waals surface area (Å²) in [6, 6.07) is 12.3. The van der Waals surface area contributed by atoms with Crippen LogP contribution in [0.25, 0.3) is 0 Å². The Morgan fingerprint density at radius 2 is 2.18 bits per heavy atom. The van der Waals surface area contributed by atoms with Crippen LogP contribution in [0.2, 0.25) is 0 Å². The van der Waals surface area contributed by atoms with Crippen LogP contribution in [0.3, 0.4) is 0 Å². The number of carbonyl (C=O) groups excluding carboxylic acids is 1. The summed E-state index contributed by atoms with van der Waals surface area (Å²) in [7, 11) is 0. The number of rotatable bonds is 3. The predicted molar refractivity (Wildman–Crippen MR) is 87.8 cm³/mol. The molecule has 0 saturated heterocycles. The Morgan fingerprint density at radius 1 is 1.32 bits per heavy atom. The number of para-hydroxylation sites is 1. The molecular weight excluding hydrogens is 274 g/mol. The maximum atomic E-state index is 12.7. The van der Waals surface area contributed by atoms with E-state index in [-0.39, 0.29) is 12.1 Å². The lowest BCUT2D eigenvalue weighted by Crippen LogP contribution is -2.48. The van der Waals surface area contributed by atoms with E-state index in [1.54, 1.807) is 12.4 Å². The lowest BCUT2D eigenvalue weighted by Gasteiger charge is -2.36. The highest BCUT2D eigenvalue weighted by Crippen LogP contribution is 2.31. The van der Waals surface area contributed by atoms with Gasteiger partial charge in [-0.1, -0.05) is 31.2 Å². The first kappa shape index (κ1) is 14.6. The van der Waals surface area contributed by atoms with Crippen molar-refractivity contribution in [2.45, 2.75) is 38.8 Å². The minimum absolute atomic E-state index is 0.0251. The van der Waals surface area contributed by atoms with Crippen LogP contribution in [0.1, 0.15) is 30.9 Å². The van der Waals surface area contributed by atoms with Crippen molar-refractivity contribution in [3.63, 3.8) is 0 Å². The number of aromatic nitrogens is 1. The third-order valence-corrected chi connectivity index (χ3v) is 4.22. The van der Waals surface area contributed by atoms with Gasteiger partial charge in [0.25, 0.3) is 0 Å². The van der Waals surface area contributed by atoms with Gasteiger partial charge in [0.15, 0.2) is 0 Å². The molecule has 2 amide bonds. The largest absolute Gasteiger partial charge is 0.334 e. The van der Waals surface area contributed by atoms with Gasteiger partial charge in [-0.25, -0.2) is 4.79 Å². The Kier molecular flexibility index (Phi) is 4.37. The van der Waals surface area contributed by atoms with Crippen molar-refractivity contribution in [2.75, 3.05) is 4.90 Å². The van der Waals surface area contributed by atoms with E-state index in [0.29, 0.717) is 6.54 Å². The fraction of sp³-hybridized carbons (Fsp3) is 0.333. The molecule has 1 aromatic heterocycles. The molecule has 4 nitrogen and oxygen atoms in total. The first-order valence-corrected chi connectivity index (χ1v) is 7.83. The standard InChI is InChI=1S/C18H21N3O/c1-2-16-10-9-15-7-3-4-8-17(15)21(16)18(22)20-13-14-6-5-11-19-12-14/h3-8,11-12,16H,2,9-10,13H2,1H3,(H,20,22). The number of nitrogens with zero attached hydrogens (tertiary/aromatic N) is 2. The maximum absolute atomic E-state index is 12.7. The summed E-state index contributed by atoms with van der Waals surface area (Å²) in [4.78, 5) is 18.7. The van der Waals surface area contributed by atoms with Crippen molar-refractivity contribution in [3.8, 4) is 0 Å². The Bertz CT molecular complexity index is 642. The van der Waals surface area contributed by atoms with E-state index >= 15 is 0 Å². The topological polar surface area (TPSA) is 45.2 Å². The molecule has 0 radical (unpaired) electrons. The Morgan fingerprint density at radius 3 is 2.95 bits per heavy atom. The molecule has 0 fully saturated rings. The molecule has 0 spiro atoms. The summed E-state index contributed by atoms with van der Waals surface area (Å²) >= 11 is 0. The number of hydrogen-bond acceptors (Lipinski definition) is 2. The van der Waals surface area contributed by atoms with Gasteiger partial charge in [-0.2, -0.15) is 0 Å². The van der Waals surface area contributed by atoms with Crippen LogP contribution < -0.4 is 10.2 Å². The molecule has 1 aliphatic rings. The molecule has 0 aliphatic carbocycles. The molecule has 22 heavy (non-hydrogen) atoms. The summed E-state index contributed by atoms with van der Waals surface area (Å²) in [5.41, 5.74) is 3.31. The van der Waals surface area contributed by atoms with Crippen molar-refractivity contribution >= 4 is 11.7 Å². The number of hydrogen-bond donors (Lipinski definition) is 1. The lowest BCUT2D eigenvalue weighted by atomic mass is 9.94. The van der Waals surface area contributed by atoms with Gasteiger partial charge in [-0.15, -0.1) is 0 Å². The fourth-order valence-electron chi connectivity index (χ4n) is 3.03. The van der Waals surface area contributed by atoms with E-state index in [2.05, 4.69) is 23.3 Å². The average molecular weight is 295 g/mol. The minimum Gasteiger partial charge on any atom is -0.334 e. The number of anilines is 1. The summed E-state index contributed by atoms with van der Waals surface area (Å²) < 4.78 is 0. The second-order valence-corrected chi connectivity index (χ2v) is 5.62. The van der Waals surface area contributed by atoms with Crippen molar-refractivity contribution in [2.24, 2.45) is 0 Å². The van der Waals surface area contributed by atoms with Gasteiger partial charge in [0.05, 0.1) is 0 Å². The summed E-state index contributed by atoms with van der Waals surface area (Å²) in [5.74, 6) is 0. The molecule has 2 aromatic rings. The number of carbonyl (C=O) groups is 1. The molecule has 114 valence electrons. The highest BCUT2D eigenvalue weighted by atomic mass is 16.2. The summed E-state index contributed by atoms with van der Waals surface area (Å²) in [5, 5.41) is 3.02. The van der Waals surface area contributed by atoms with Crippen molar-refractivity contribution in [1.82, 2.24) is 10.3 Å². The smallest absolute Gasteiger partial charge is 0.322 e. The molecule has 1 atom stereocenters. The summed E-state index contributed by atoms with van der Waals surface area (Å²) in [6.07, 6.45) is 6.55. The molecule has 1 N–H and O–H groups in total. The first-order valence-electron chi connectivity index (χ1n) is 7.83. The third kappa shape index (κ3) is 2.96. The van der Waals surface area contributed by atoms with Crippen LogP contribution in [0.5, 0.6) is 0 Å². The first-order chi connectivity index (χ1) is 10.8. The Labute approximate surface area is 131 Å². The molecular formula is C18H21N3O. The molecule has 4 heteroatoms. The zero-order valence-electron chi connectivity index (χ0n) is 12.8. The third-order valence-electron chi connectivity index (χ3n) is 4.22. The molecule has 1 aliphatic heterocycles. The predicted octanol–water partition coefficient (Wildman–Crippen LogP) is 3.52. The van der Waals surface area contributed by atoms with Crippen LogP contribution in [0, 0.1) is 0 Å². The number of pyridine rings is 1. The van der Waals surface area contributed by atoms with Gasteiger partial charge in [-0.05, 0) is 42.5 Å². The zero-order chi connectivity index (χ0) is 15.4. The fourth-order valence-corrected chi connectivity index (χ4v) is 3.03. The van der Waals surface area contributed by atoms with Crippen LogP contribution in [-0.2, 0) is 13.0 Å². The maximum Gasteiger partial charge on any atom is 0.322 e. The highest BCUT2D eigenvalue weighted by Gasteiger charge is 2.29. The average Bonchev–Trinajstić information content (AvgIpc) is 2.59. The van der Waals surface area contributed by atoms with E-state index in [0.717, 1.165) is 30.5 Å². The van der Waals surface area contributed by atoms with E-state index in [1.165, 1.54) is 5.56 Å². The van der Waals surface area contributed by atoms with Gasteiger partial charge in [-0.3, -0.25) is 9.88 Å². The molecule has 1 aromatic carbocycles.